The standard InChI is InChI=1S/C8H12N4S/c1-8(10,5-9)6-13-7-11-3-4-12(7)2/h3-4H,6,10H2,1-2H3. The molecule has 70 valence electrons. The van der Waals surface area contributed by atoms with Gasteiger partial charge in [-0.25, -0.2) is 4.98 Å². The van der Waals surface area contributed by atoms with Crippen molar-refractivity contribution in [2.45, 2.75) is 17.6 Å². The molecule has 0 saturated heterocycles. The largest absolute Gasteiger partial charge is 0.329 e. The number of rotatable bonds is 3. The molecule has 0 aliphatic rings. The maximum absolute atomic E-state index is 8.68. The molecule has 0 aliphatic heterocycles. The van der Waals surface area contributed by atoms with Crippen molar-refractivity contribution in [3.8, 4) is 6.07 Å². The Labute approximate surface area is 81.8 Å². The van der Waals surface area contributed by atoms with Gasteiger partial charge in [-0.2, -0.15) is 5.26 Å². The van der Waals surface area contributed by atoms with Crippen LogP contribution in [-0.2, 0) is 7.05 Å². The van der Waals surface area contributed by atoms with Gasteiger partial charge in [-0.1, -0.05) is 11.8 Å². The van der Waals surface area contributed by atoms with Gasteiger partial charge in [-0.15, -0.1) is 0 Å². The SMILES string of the molecule is Cn1ccnc1SCC(C)(N)C#N. The van der Waals surface area contributed by atoms with Gasteiger partial charge in [0.05, 0.1) is 6.07 Å². The molecule has 0 spiro atoms. The summed E-state index contributed by atoms with van der Waals surface area (Å²) in [4.78, 5) is 4.11. The van der Waals surface area contributed by atoms with E-state index in [1.165, 1.54) is 11.8 Å². The molecule has 2 N–H and O–H groups in total. The Morgan fingerprint density at radius 1 is 1.85 bits per heavy atom. The van der Waals surface area contributed by atoms with Crippen LogP contribution in [0, 0.1) is 11.3 Å². The number of nitrogens with zero attached hydrogens (tertiary/aromatic N) is 3. The van der Waals surface area contributed by atoms with E-state index in [0.29, 0.717) is 5.75 Å². The maximum Gasteiger partial charge on any atom is 0.167 e. The summed E-state index contributed by atoms with van der Waals surface area (Å²) in [6, 6.07) is 2.04. The highest BCUT2D eigenvalue weighted by Gasteiger charge is 2.18. The van der Waals surface area contributed by atoms with Crippen LogP contribution in [0.5, 0.6) is 0 Å². The second-order valence-electron chi connectivity index (χ2n) is 3.14. The number of hydrogen-bond acceptors (Lipinski definition) is 4. The number of thioether (sulfide) groups is 1. The van der Waals surface area contributed by atoms with Gasteiger partial charge >= 0.3 is 0 Å². The van der Waals surface area contributed by atoms with E-state index in [-0.39, 0.29) is 0 Å². The monoisotopic (exact) mass is 196 g/mol. The van der Waals surface area contributed by atoms with Crippen LogP contribution in [0.15, 0.2) is 17.6 Å². The fraction of sp³-hybridized carbons (Fsp3) is 0.500. The highest BCUT2D eigenvalue weighted by molar-refractivity contribution is 7.99. The fourth-order valence-corrected chi connectivity index (χ4v) is 1.63. The van der Waals surface area contributed by atoms with Crippen LogP contribution in [0.1, 0.15) is 6.92 Å². The normalized spacial score (nSPS) is 14.9. The van der Waals surface area contributed by atoms with Crippen molar-refractivity contribution in [3.63, 3.8) is 0 Å². The predicted octanol–water partition coefficient (Wildman–Crippen LogP) is 0.753. The lowest BCUT2D eigenvalue weighted by Gasteiger charge is -2.13. The summed E-state index contributed by atoms with van der Waals surface area (Å²) in [5.41, 5.74) is 4.88. The smallest absolute Gasteiger partial charge is 0.167 e. The lowest BCUT2D eigenvalue weighted by molar-refractivity contribution is 0.678. The van der Waals surface area contributed by atoms with E-state index in [1.807, 2.05) is 23.9 Å². The Kier molecular flexibility index (Phi) is 2.96. The number of aryl methyl sites for hydroxylation is 1. The second kappa shape index (κ2) is 3.81. The van der Waals surface area contributed by atoms with Gasteiger partial charge in [-0.3, -0.25) is 0 Å². The van der Waals surface area contributed by atoms with Crippen molar-refractivity contribution in [2.75, 3.05) is 5.75 Å². The Morgan fingerprint density at radius 2 is 2.54 bits per heavy atom. The first-order chi connectivity index (χ1) is 6.05. The van der Waals surface area contributed by atoms with E-state index < -0.39 is 5.54 Å². The highest BCUT2D eigenvalue weighted by atomic mass is 32.2. The van der Waals surface area contributed by atoms with Crippen molar-refractivity contribution in [2.24, 2.45) is 12.8 Å². The van der Waals surface area contributed by atoms with Gasteiger partial charge in [0.15, 0.2) is 5.16 Å². The average molecular weight is 196 g/mol. The van der Waals surface area contributed by atoms with E-state index in [0.717, 1.165) is 5.16 Å². The molecule has 1 aromatic rings. The molecule has 4 nitrogen and oxygen atoms in total. The number of nitrogens with two attached hydrogens (primary N) is 1. The topological polar surface area (TPSA) is 67.6 Å². The summed E-state index contributed by atoms with van der Waals surface area (Å²) < 4.78 is 1.90. The van der Waals surface area contributed by atoms with Gasteiger partial charge in [0.1, 0.15) is 5.54 Å². The Bertz CT molecular complexity index is 323. The zero-order valence-corrected chi connectivity index (χ0v) is 8.51. The molecular weight excluding hydrogens is 184 g/mol. The summed E-state index contributed by atoms with van der Waals surface area (Å²) in [7, 11) is 1.91. The summed E-state index contributed by atoms with van der Waals surface area (Å²) in [6.07, 6.45) is 3.59. The first-order valence-electron chi connectivity index (χ1n) is 3.85. The highest BCUT2D eigenvalue weighted by Crippen LogP contribution is 2.18. The lowest BCUT2D eigenvalue weighted by atomic mass is 10.1. The lowest BCUT2D eigenvalue weighted by Crippen LogP contribution is -2.36. The predicted molar refractivity (Wildman–Crippen MR) is 52.1 cm³/mol. The minimum absolute atomic E-state index is 0.550. The zero-order valence-electron chi connectivity index (χ0n) is 7.69. The fourth-order valence-electron chi connectivity index (χ4n) is 0.738. The van der Waals surface area contributed by atoms with Crippen molar-refractivity contribution in [3.05, 3.63) is 12.4 Å². The minimum atomic E-state index is -0.781. The molecule has 0 bridgehead atoms. The number of imidazole rings is 1. The minimum Gasteiger partial charge on any atom is -0.329 e. The first kappa shape index (κ1) is 10.1. The van der Waals surface area contributed by atoms with E-state index in [1.54, 1.807) is 13.1 Å². The number of nitriles is 1. The van der Waals surface area contributed by atoms with Crippen molar-refractivity contribution >= 4 is 11.8 Å². The van der Waals surface area contributed by atoms with Crippen LogP contribution >= 0.6 is 11.8 Å². The molecule has 0 aliphatic carbocycles. The van der Waals surface area contributed by atoms with E-state index in [4.69, 9.17) is 11.0 Å². The molecular formula is C8H12N4S. The van der Waals surface area contributed by atoms with Crippen LogP contribution in [0.2, 0.25) is 0 Å². The van der Waals surface area contributed by atoms with Crippen LogP contribution in [0.25, 0.3) is 0 Å². The Balaban J connectivity index is 2.54. The van der Waals surface area contributed by atoms with Gasteiger partial charge in [0.2, 0.25) is 0 Å². The second-order valence-corrected chi connectivity index (χ2v) is 4.08. The summed E-state index contributed by atoms with van der Waals surface area (Å²) >= 11 is 1.49. The molecule has 0 aromatic carbocycles. The summed E-state index contributed by atoms with van der Waals surface area (Å²) in [6.45, 7) is 1.71. The third kappa shape index (κ3) is 2.76. The molecule has 0 radical (unpaired) electrons. The third-order valence-corrected chi connectivity index (χ3v) is 2.93. The molecule has 1 rings (SSSR count). The van der Waals surface area contributed by atoms with Gasteiger partial charge < -0.3 is 10.3 Å². The van der Waals surface area contributed by atoms with Gasteiger partial charge in [0.25, 0.3) is 0 Å². The number of aromatic nitrogens is 2. The van der Waals surface area contributed by atoms with Gasteiger partial charge in [0, 0.05) is 25.2 Å². The first-order valence-corrected chi connectivity index (χ1v) is 4.84. The van der Waals surface area contributed by atoms with Crippen molar-refractivity contribution in [1.29, 1.82) is 5.26 Å². The molecule has 13 heavy (non-hydrogen) atoms. The quantitative estimate of drug-likeness (QED) is 0.724. The van der Waals surface area contributed by atoms with Crippen LogP contribution < -0.4 is 5.73 Å². The van der Waals surface area contributed by atoms with Crippen LogP contribution in [0.4, 0.5) is 0 Å². The van der Waals surface area contributed by atoms with E-state index in [2.05, 4.69) is 4.98 Å². The summed E-state index contributed by atoms with van der Waals surface area (Å²) in [5, 5.41) is 9.56. The van der Waals surface area contributed by atoms with Crippen molar-refractivity contribution < 1.29 is 0 Å². The van der Waals surface area contributed by atoms with Crippen molar-refractivity contribution in [1.82, 2.24) is 9.55 Å². The molecule has 1 unspecified atom stereocenters. The molecule has 5 heteroatoms. The molecule has 1 heterocycles. The maximum atomic E-state index is 8.68. The van der Waals surface area contributed by atoms with Gasteiger partial charge in [-0.05, 0) is 6.92 Å². The van der Waals surface area contributed by atoms with Crippen LogP contribution in [-0.4, -0.2) is 20.8 Å². The Morgan fingerprint density at radius 3 is 3.00 bits per heavy atom. The van der Waals surface area contributed by atoms with E-state index >= 15 is 0 Å². The van der Waals surface area contributed by atoms with Crippen LogP contribution in [0.3, 0.4) is 0 Å². The number of hydrogen-bond donors (Lipinski definition) is 1. The zero-order chi connectivity index (χ0) is 9.90. The molecule has 1 aromatic heterocycles. The molecule has 0 amide bonds. The molecule has 0 saturated carbocycles. The third-order valence-electron chi connectivity index (χ3n) is 1.53. The van der Waals surface area contributed by atoms with E-state index in [9.17, 15) is 0 Å². The Hall–Kier alpha value is -0.990. The molecule has 0 fully saturated rings. The summed E-state index contributed by atoms with van der Waals surface area (Å²) in [5.74, 6) is 0.550. The molecule has 1 atom stereocenters. The average Bonchev–Trinajstić information content (AvgIpc) is 2.48.